The number of amides is 1. The highest BCUT2D eigenvalue weighted by molar-refractivity contribution is 6.02. The Hall–Kier alpha value is -3.95. The Bertz CT molecular complexity index is 1080. The molecule has 1 N–H and O–H groups in total. The van der Waals surface area contributed by atoms with Crippen LogP contribution in [0.5, 0.6) is 28.7 Å². The summed E-state index contributed by atoms with van der Waals surface area (Å²) >= 11 is 0. The van der Waals surface area contributed by atoms with Crippen LogP contribution in [-0.2, 0) is 6.61 Å². The van der Waals surface area contributed by atoms with E-state index >= 15 is 0 Å². The van der Waals surface area contributed by atoms with Crippen molar-refractivity contribution in [3.63, 3.8) is 0 Å². The van der Waals surface area contributed by atoms with Gasteiger partial charge in [0.15, 0.2) is 28.8 Å². The molecule has 0 saturated heterocycles. The summed E-state index contributed by atoms with van der Waals surface area (Å²) in [7, 11) is 1.30. The molecule has 1 amide bonds. The third-order valence-electron chi connectivity index (χ3n) is 4.25. The van der Waals surface area contributed by atoms with Gasteiger partial charge in [-0.3, -0.25) is 4.79 Å². The number of fused-ring (bicyclic) bond motifs is 1. The molecule has 0 bridgehead atoms. The van der Waals surface area contributed by atoms with Crippen molar-refractivity contribution in [3.8, 4) is 28.7 Å². The first-order valence-corrected chi connectivity index (χ1v) is 9.07. The van der Waals surface area contributed by atoms with Gasteiger partial charge in [0, 0.05) is 17.8 Å². The molecule has 31 heavy (non-hydrogen) atoms. The molecule has 1 aliphatic heterocycles. The lowest BCUT2D eigenvalue weighted by Crippen LogP contribution is -2.11. The largest absolute Gasteiger partial charge is 0.493 e. The standard InChI is InChI=1S/C21H17F2NO7/c1-26-18-8-12(2-5-16(18)31-21(22)23)24-20(25)17-7-4-14(30-17)10-27-13-3-6-15-19(9-13)29-11-28-15/h2-9,21H,10-11H2,1H3,(H,24,25). The number of rotatable bonds is 8. The van der Waals surface area contributed by atoms with E-state index in [2.05, 4.69) is 10.1 Å². The second-order valence-corrected chi connectivity index (χ2v) is 6.27. The number of anilines is 1. The summed E-state index contributed by atoms with van der Waals surface area (Å²) in [5.41, 5.74) is 0.318. The number of furan rings is 1. The first kappa shape index (κ1) is 20.3. The number of carbonyl (C=O) groups is 1. The van der Waals surface area contributed by atoms with Gasteiger partial charge in [-0.2, -0.15) is 8.78 Å². The zero-order valence-corrected chi connectivity index (χ0v) is 16.2. The van der Waals surface area contributed by atoms with E-state index in [1.807, 2.05) is 0 Å². The topological polar surface area (TPSA) is 88.4 Å². The molecule has 2 aromatic carbocycles. The fraction of sp³-hybridized carbons (Fsp3) is 0.190. The third kappa shape index (κ3) is 4.80. The van der Waals surface area contributed by atoms with E-state index in [0.717, 1.165) is 0 Å². The molecule has 2 heterocycles. The number of alkyl halides is 2. The summed E-state index contributed by atoms with van der Waals surface area (Å²) < 4.78 is 55.9. The van der Waals surface area contributed by atoms with Crippen molar-refractivity contribution in [2.75, 3.05) is 19.2 Å². The molecule has 162 valence electrons. The van der Waals surface area contributed by atoms with Crippen molar-refractivity contribution >= 4 is 11.6 Å². The van der Waals surface area contributed by atoms with E-state index in [1.54, 1.807) is 24.3 Å². The van der Waals surface area contributed by atoms with E-state index in [1.165, 1.54) is 31.4 Å². The molecule has 0 fully saturated rings. The van der Waals surface area contributed by atoms with Crippen LogP contribution < -0.4 is 29.0 Å². The predicted molar refractivity (Wildman–Crippen MR) is 103 cm³/mol. The minimum Gasteiger partial charge on any atom is -0.493 e. The maximum atomic E-state index is 12.4. The number of carbonyl (C=O) groups excluding carboxylic acids is 1. The molecule has 8 nitrogen and oxygen atoms in total. The van der Waals surface area contributed by atoms with Crippen molar-refractivity contribution in [2.24, 2.45) is 0 Å². The van der Waals surface area contributed by atoms with Crippen LogP contribution in [0.15, 0.2) is 52.9 Å². The van der Waals surface area contributed by atoms with Gasteiger partial charge in [-0.25, -0.2) is 0 Å². The maximum Gasteiger partial charge on any atom is 0.387 e. The van der Waals surface area contributed by atoms with Gasteiger partial charge >= 0.3 is 6.61 Å². The normalized spacial score (nSPS) is 12.0. The van der Waals surface area contributed by atoms with Crippen molar-refractivity contribution in [3.05, 3.63) is 60.1 Å². The average molecular weight is 433 g/mol. The molecule has 3 aromatic rings. The third-order valence-corrected chi connectivity index (χ3v) is 4.25. The highest BCUT2D eigenvalue weighted by Crippen LogP contribution is 2.35. The number of nitrogens with one attached hydrogen (secondary N) is 1. The molecule has 0 aliphatic carbocycles. The monoisotopic (exact) mass is 433 g/mol. The van der Waals surface area contributed by atoms with Crippen LogP contribution >= 0.6 is 0 Å². The van der Waals surface area contributed by atoms with Crippen molar-refractivity contribution < 1.29 is 41.7 Å². The van der Waals surface area contributed by atoms with Gasteiger partial charge < -0.3 is 33.4 Å². The Morgan fingerprint density at radius 1 is 1.06 bits per heavy atom. The zero-order chi connectivity index (χ0) is 21.8. The van der Waals surface area contributed by atoms with Crippen molar-refractivity contribution in [1.82, 2.24) is 0 Å². The lowest BCUT2D eigenvalue weighted by Gasteiger charge is -2.11. The summed E-state index contributed by atoms with van der Waals surface area (Å²) in [5.74, 6) is 1.67. The quantitative estimate of drug-likeness (QED) is 0.562. The molecule has 10 heteroatoms. The number of halogens is 2. The number of methoxy groups -OCH3 is 1. The molecule has 0 radical (unpaired) electrons. The number of hydrogen-bond acceptors (Lipinski definition) is 7. The fourth-order valence-corrected chi connectivity index (χ4v) is 2.83. The smallest absolute Gasteiger partial charge is 0.387 e. The van der Waals surface area contributed by atoms with Crippen LogP contribution in [0.4, 0.5) is 14.5 Å². The molecule has 1 aliphatic rings. The summed E-state index contributed by atoms with van der Waals surface area (Å²) in [6.07, 6.45) is 0. The van der Waals surface area contributed by atoms with Gasteiger partial charge in [0.2, 0.25) is 6.79 Å². The van der Waals surface area contributed by atoms with Crippen LogP contribution in [0.3, 0.4) is 0 Å². The Balaban J connectivity index is 1.37. The van der Waals surface area contributed by atoms with Crippen LogP contribution in [0.25, 0.3) is 0 Å². The molecule has 0 atom stereocenters. The highest BCUT2D eigenvalue weighted by atomic mass is 19.3. The first-order valence-electron chi connectivity index (χ1n) is 9.07. The number of ether oxygens (including phenoxy) is 5. The van der Waals surface area contributed by atoms with Crippen LogP contribution in [0.2, 0.25) is 0 Å². The number of benzene rings is 2. The van der Waals surface area contributed by atoms with Gasteiger partial charge in [0.25, 0.3) is 5.91 Å². The second-order valence-electron chi connectivity index (χ2n) is 6.27. The molecular formula is C21H17F2NO7. The van der Waals surface area contributed by atoms with Gasteiger partial charge in [-0.15, -0.1) is 0 Å². The van der Waals surface area contributed by atoms with Gasteiger partial charge in [-0.1, -0.05) is 0 Å². The number of hydrogen-bond donors (Lipinski definition) is 1. The summed E-state index contributed by atoms with van der Waals surface area (Å²) in [5, 5.41) is 2.60. The molecule has 0 unspecified atom stereocenters. The SMILES string of the molecule is COc1cc(NC(=O)c2ccc(COc3ccc4c(c3)OCO4)o2)ccc1OC(F)F. The van der Waals surface area contributed by atoms with E-state index < -0.39 is 12.5 Å². The molecule has 4 rings (SSSR count). The average Bonchev–Trinajstić information content (AvgIpc) is 3.42. The van der Waals surface area contributed by atoms with E-state index in [4.69, 9.17) is 23.4 Å². The summed E-state index contributed by atoms with van der Waals surface area (Å²) in [4.78, 5) is 12.4. The minimum absolute atomic E-state index is 0.0513. The highest BCUT2D eigenvalue weighted by Gasteiger charge is 2.16. The van der Waals surface area contributed by atoms with E-state index in [0.29, 0.717) is 28.7 Å². The van der Waals surface area contributed by atoms with Crippen LogP contribution in [-0.4, -0.2) is 26.4 Å². The van der Waals surface area contributed by atoms with Gasteiger partial charge in [-0.05, 0) is 36.4 Å². The Labute approximate surface area is 175 Å². The molecule has 0 saturated carbocycles. The molecule has 1 aromatic heterocycles. The molecule has 0 spiro atoms. The molecular weight excluding hydrogens is 416 g/mol. The summed E-state index contributed by atoms with van der Waals surface area (Å²) in [6, 6.07) is 12.3. The predicted octanol–water partition coefficient (Wildman–Crippen LogP) is 4.45. The first-order chi connectivity index (χ1) is 15.0. The van der Waals surface area contributed by atoms with Gasteiger partial charge in [0.1, 0.15) is 18.1 Å². The Morgan fingerprint density at radius 3 is 2.71 bits per heavy atom. The van der Waals surface area contributed by atoms with Crippen molar-refractivity contribution in [1.29, 1.82) is 0 Å². The zero-order valence-electron chi connectivity index (χ0n) is 16.2. The lowest BCUT2D eigenvalue weighted by molar-refractivity contribution is -0.0512. The van der Waals surface area contributed by atoms with E-state index in [-0.39, 0.29) is 30.7 Å². The van der Waals surface area contributed by atoms with Crippen LogP contribution in [0.1, 0.15) is 16.3 Å². The van der Waals surface area contributed by atoms with Crippen LogP contribution in [0, 0.1) is 0 Å². The minimum atomic E-state index is -2.99. The van der Waals surface area contributed by atoms with Crippen molar-refractivity contribution in [2.45, 2.75) is 13.2 Å². The summed E-state index contributed by atoms with van der Waals surface area (Å²) in [6.45, 7) is -2.72. The Morgan fingerprint density at radius 2 is 1.90 bits per heavy atom. The van der Waals surface area contributed by atoms with E-state index in [9.17, 15) is 13.6 Å². The maximum absolute atomic E-state index is 12.4. The Kier molecular flexibility index (Phi) is 5.78. The lowest BCUT2D eigenvalue weighted by atomic mass is 10.2. The fourth-order valence-electron chi connectivity index (χ4n) is 2.83. The van der Waals surface area contributed by atoms with Gasteiger partial charge in [0.05, 0.1) is 7.11 Å². The second kappa shape index (κ2) is 8.82.